The molecule has 2 atom stereocenters. The molecule has 98 valence electrons. The fraction of sp³-hybridized carbons (Fsp3) is 0.500. The van der Waals surface area contributed by atoms with Crippen LogP contribution in [0.15, 0.2) is 12.1 Å². The highest BCUT2D eigenvalue weighted by atomic mass is 35.5. The Kier molecular flexibility index (Phi) is 4.10. The van der Waals surface area contributed by atoms with E-state index in [0.717, 1.165) is 0 Å². The summed E-state index contributed by atoms with van der Waals surface area (Å²) in [5, 5.41) is 0.416. The number of halogens is 2. The van der Waals surface area contributed by atoms with Crippen LogP contribution in [0.3, 0.4) is 0 Å². The Bertz CT molecular complexity index is 457. The molecule has 1 amide bonds. The molecule has 0 aliphatic carbocycles. The van der Waals surface area contributed by atoms with Crippen molar-refractivity contribution in [2.45, 2.75) is 26.1 Å². The molecule has 2 heterocycles. The number of carbonyl (C=O) groups excluding carboxylic acids is 1. The molecule has 0 unspecified atom stereocenters. The van der Waals surface area contributed by atoms with Crippen molar-refractivity contribution in [3.8, 4) is 0 Å². The highest BCUT2D eigenvalue weighted by Gasteiger charge is 2.27. The standard InChI is InChI=1S/C12H14Cl2N2O2/c1-7-5-16(6-8(2)18-7)12(17)9-3-4-10(13)15-11(9)14/h3-4,7-8H,5-6H2,1-2H3/t7-,8+. The zero-order valence-corrected chi connectivity index (χ0v) is 11.7. The quantitative estimate of drug-likeness (QED) is 0.746. The normalized spacial score (nSPS) is 24.1. The summed E-state index contributed by atoms with van der Waals surface area (Å²) < 4.78 is 5.59. The first-order valence-electron chi connectivity index (χ1n) is 5.74. The number of rotatable bonds is 1. The number of hydrogen-bond acceptors (Lipinski definition) is 3. The first kappa shape index (κ1) is 13.6. The number of hydrogen-bond donors (Lipinski definition) is 0. The fourth-order valence-electron chi connectivity index (χ4n) is 2.09. The van der Waals surface area contributed by atoms with Crippen molar-refractivity contribution in [1.29, 1.82) is 0 Å². The lowest BCUT2D eigenvalue weighted by atomic mass is 10.2. The number of nitrogens with zero attached hydrogens (tertiary/aromatic N) is 2. The lowest BCUT2D eigenvalue weighted by molar-refractivity contribution is -0.0586. The van der Waals surface area contributed by atoms with Gasteiger partial charge in [-0.15, -0.1) is 0 Å². The molecule has 1 aliphatic heterocycles. The van der Waals surface area contributed by atoms with Crippen molar-refractivity contribution in [1.82, 2.24) is 9.88 Å². The Morgan fingerprint density at radius 2 is 1.94 bits per heavy atom. The first-order valence-corrected chi connectivity index (χ1v) is 6.49. The van der Waals surface area contributed by atoms with E-state index in [4.69, 9.17) is 27.9 Å². The topological polar surface area (TPSA) is 42.4 Å². The molecule has 1 aromatic heterocycles. The van der Waals surface area contributed by atoms with Crippen LogP contribution in [0.5, 0.6) is 0 Å². The van der Waals surface area contributed by atoms with Crippen molar-refractivity contribution < 1.29 is 9.53 Å². The van der Waals surface area contributed by atoms with Crippen molar-refractivity contribution in [2.24, 2.45) is 0 Å². The highest BCUT2D eigenvalue weighted by Crippen LogP contribution is 2.20. The third-order valence-electron chi connectivity index (χ3n) is 2.75. The van der Waals surface area contributed by atoms with Crippen molar-refractivity contribution >= 4 is 29.1 Å². The minimum Gasteiger partial charge on any atom is -0.372 e. The monoisotopic (exact) mass is 288 g/mol. The van der Waals surface area contributed by atoms with Gasteiger partial charge in [-0.2, -0.15) is 0 Å². The van der Waals surface area contributed by atoms with Gasteiger partial charge in [-0.05, 0) is 26.0 Å². The molecule has 0 radical (unpaired) electrons. The maximum Gasteiger partial charge on any atom is 0.257 e. The minimum atomic E-state index is -0.133. The summed E-state index contributed by atoms with van der Waals surface area (Å²) in [7, 11) is 0. The van der Waals surface area contributed by atoms with Gasteiger partial charge in [-0.3, -0.25) is 4.79 Å². The number of pyridine rings is 1. The maximum atomic E-state index is 12.3. The fourth-order valence-corrected chi connectivity index (χ4v) is 2.51. The Morgan fingerprint density at radius 3 is 2.50 bits per heavy atom. The van der Waals surface area contributed by atoms with Gasteiger partial charge >= 0.3 is 0 Å². The first-order chi connectivity index (χ1) is 8.47. The summed E-state index contributed by atoms with van der Waals surface area (Å²) in [6, 6.07) is 3.17. The molecule has 0 spiro atoms. The van der Waals surface area contributed by atoms with Crippen molar-refractivity contribution in [3.63, 3.8) is 0 Å². The summed E-state index contributed by atoms with van der Waals surface area (Å²) >= 11 is 11.7. The van der Waals surface area contributed by atoms with Gasteiger partial charge in [0.2, 0.25) is 0 Å². The Hall–Kier alpha value is -0.840. The lowest BCUT2D eigenvalue weighted by Gasteiger charge is -2.35. The van der Waals surface area contributed by atoms with E-state index in [2.05, 4.69) is 4.98 Å². The largest absolute Gasteiger partial charge is 0.372 e. The van der Waals surface area contributed by atoms with E-state index in [1.807, 2.05) is 13.8 Å². The van der Waals surface area contributed by atoms with Gasteiger partial charge in [0.15, 0.2) is 0 Å². The Labute approximate surface area is 116 Å². The molecular formula is C12H14Cl2N2O2. The third kappa shape index (κ3) is 2.94. The maximum absolute atomic E-state index is 12.3. The molecular weight excluding hydrogens is 275 g/mol. The van der Waals surface area contributed by atoms with E-state index < -0.39 is 0 Å². The average molecular weight is 289 g/mol. The summed E-state index contributed by atoms with van der Waals surface area (Å²) in [4.78, 5) is 17.9. The van der Waals surface area contributed by atoms with Crippen molar-refractivity contribution in [3.05, 3.63) is 28.0 Å². The van der Waals surface area contributed by atoms with Crippen LogP contribution in [0.1, 0.15) is 24.2 Å². The smallest absolute Gasteiger partial charge is 0.257 e. The molecule has 0 saturated carbocycles. The molecule has 1 fully saturated rings. The molecule has 0 bridgehead atoms. The van der Waals surface area contributed by atoms with E-state index in [-0.39, 0.29) is 28.4 Å². The van der Waals surface area contributed by atoms with Crippen LogP contribution in [0.2, 0.25) is 10.3 Å². The zero-order chi connectivity index (χ0) is 13.3. The lowest BCUT2D eigenvalue weighted by Crippen LogP contribution is -2.48. The number of ether oxygens (including phenoxy) is 1. The number of aromatic nitrogens is 1. The van der Waals surface area contributed by atoms with E-state index in [9.17, 15) is 4.79 Å². The molecule has 0 aromatic carbocycles. The molecule has 0 N–H and O–H groups in total. The van der Waals surface area contributed by atoms with Gasteiger partial charge in [0, 0.05) is 13.1 Å². The summed E-state index contributed by atoms with van der Waals surface area (Å²) in [5.41, 5.74) is 0.377. The van der Waals surface area contributed by atoms with Gasteiger partial charge < -0.3 is 9.64 Å². The van der Waals surface area contributed by atoms with Crippen LogP contribution < -0.4 is 0 Å². The molecule has 1 aromatic rings. The summed E-state index contributed by atoms with van der Waals surface area (Å²) in [5.74, 6) is -0.133. The van der Waals surface area contributed by atoms with E-state index in [1.165, 1.54) is 0 Å². The van der Waals surface area contributed by atoms with E-state index in [0.29, 0.717) is 18.7 Å². The van der Waals surface area contributed by atoms with Gasteiger partial charge in [-0.25, -0.2) is 4.98 Å². The SMILES string of the molecule is C[C@@H]1CN(C(=O)c2ccc(Cl)nc2Cl)C[C@H](C)O1. The molecule has 6 heteroatoms. The van der Waals surface area contributed by atoms with Crippen LogP contribution in [0.25, 0.3) is 0 Å². The number of amides is 1. The van der Waals surface area contributed by atoms with Gasteiger partial charge in [0.1, 0.15) is 10.3 Å². The number of morpholine rings is 1. The Balaban J connectivity index is 2.20. The number of carbonyl (C=O) groups is 1. The molecule has 4 nitrogen and oxygen atoms in total. The van der Waals surface area contributed by atoms with E-state index in [1.54, 1.807) is 17.0 Å². The second kappa shape index (κ2) is 5.43. The van der Waals surface area contributed by atoms with Gasteiger partial charge in [0.05, 0.1) is 17.8 Å². The molecule has 18 heavy (non-hydrogen) atoms. The average Bonchev–Trinajstić information content (AvgIpc) is 2.26. The second-order valence-corrected chi connectivity index (χ2v) is 5.19. The van der Waals surface area contributed by atoms with Crippen molar-refractivity contribution in [2.75, 3.05) is 13.1 Å². The van der Waals surface area contributed by atoms with Crippen LogP contribution in [-0.4, -0.2) is 41.1 Å². The zero-order valence-electron chi connectivity index (χ0n) is 10.2. The summed E-state index contributed by atoms with van der Waals surface area (Å²) in [6.07, 6.45) is 0.0495. The summed E-state index contributed by atoms with van der Waals surface area (Å²) in [6.45, 7) is 5.00. The van der Waals surface area contributed by atoms with Crippen LogP contribution in [0.4, 0.5) is 0 Å². The molecule has 2 rings (SSSR count). The van der Waals surface area contributed by atoms with Crippen LogP contribution in [0, 0.1) is 0 Å². The Morgan fingerprint density at radius 1 is 1.33 bits per heavy atom. The highest BCUT2D eigenvalue weighted by molar-refractivity contribution is 6.34. The van der Waals surface area contributed by atoms with E-state index >= 15 is 0 Å². The van der Waals surface area contributed by atoms with Gasteiger partial charge in [-0.1, -0.05) is 23.2 Å². The molecule has 1 aliphatic rings. The van der Waals surface area contributed by atoms with Crippen LogP contribution >= 0.6 is 23.2 Å². The van der Waals surface area contributed by atoms with Crippen LogP contribution in [-0.2, 0) is 4.74 Å². The second-order valence-electron chi connectivity index (χ2n) is 4.44. The van der Waals surface area contributed by atoms with Gasteiger partial charge in [0.25, 0.3) is 5.91 Å². The third-order valence-corrected chi connectivity index (χ3v) is 3.25. The predicted molar refractivity (Wildman–Crippen MR) is 70.2 cm³/mol. The molecule has 1 saturated heterocycles. The predicted octanol–water partition coefficient (Wildman–Crippen LogP) is 2.64. The minimum absolute atomic E-state index is 0.0248.